The molecule has 0 aliphatic heterocycles. The largest absolute Gasteiger partial charge is 0.481 e. The van der Waals surface area contributed by atoms with Gasteiger partial charge in [-0.3, -0.25) is 9.59 Å². The number of hydrogen-bond donors (Lipinski definition) is 3. The van der Waals surface area contributed by atoms with Crippen molar-refractivity contribution in [1.82, 2.24) is 5.32 Å². The van der Waals surface area contributed by atoms with Crippen LogP contribution in [0.4, 0.5) is 0 Å². The molecule has 0 rings (SSSR count). The summed E-state index contributed by atoms with van der Waals surface area (Å²) >= 11 is 0. The Bertz CT molecular complexity index is 274. The first-order chi connectivity index (χ1) is 12.1. The molecule has 0 radical (unpaired) electrons. The average Bonchev–Trinajstić information content (AvgIpc) is 2.59. The topological polar surface area (TPSA) is 124 Å². The van der Waals surface area contributed by atoms with Crippen molar-refractivity contribution in [2.45, 2.75) is 26.7 Å². The fourth-order valence-corrected chi connectivity index (χ4v) is 1.38. The van der Waals surface area contributed by atoms with E-state index in [1.165, 1.54) is 0 Å². The molecule has 25 heavy (non-hydrogen) atoms. The van der Waals surface area contributed by atoms with E-state index < -0.39 is 11.9 Å². The Morgan fingerprint density at radius 1 is 0.640 bits per heavy atom. The summed E-state index contributed by atoms with van der Waals surface area (Å²) in [5.74, 6) is -1.74. The van der Waals surface area contributed by atoms with E-state index in [-0.39, 0.29) is 26.1 Å². The Labute approximate surface area is 149 Å². The first-order valence-corrected chi connectivity index (χ1v) is 8.58. The second-order valence-electron chi connectivity index (χ2n) is 4.49. The normalized spacial score (nSPS) is 10.2. The second kappa shape index (κ2) is 22.7. The monoisotopic (exact) mass is 367 g/mol. The van der Waals surface area contributed by atoms with Gasteiger partial charge in [0, 0.05) is 13.1 Å². The fraction of sp³-hybridized carbons (Fsp3) is 0.875. The van der Waals surface area contributed by atoms with Gasteiger partial charge in [-0.15, -0.1) is 0 Å². The number of hydrogen-bond acceptors (Lipinski definition) is 7. The van der Waals surface area contributed by atoms with Gasteiger partial charge in [0.25, 0.3) is 0 Å². The van der Waals surface area contributed by atoms with Gasteiger partial charge in [0.1, 0.15) is 0 Å². The molecule has 0 aromatic carbocycles. The summed E-state index contributed by atoms with van der Waals surface area (Å²) in [5, 5.41) is 19.9. The summed E-state index contributed by atoms with van der Waals surface area (Å²) in [6, 6.07) is 0. The van der Waals surface area contributed by atoms with Gasteiger partial charge in [-0.05, 0) is 0 Å². The average molecular weight is 367 g/mol. The Kier molecular flexibility index (Phi) is 23.6. The highest BCUT2D eigenvalue weighted by Gasteiger charge is 1.97. The third kappa shape index (κ3) is 27.9. The molecule has 0 unspecified atom stereocenters. The van der Waals surface area contributed by atoms with Gasteiger partial charge in [0.2, 0.25) is 0 Å². The molecule has 0 aromatic rings. The first kappa shape index (κ1) is 26.0. The van der Waals surface area contributed by atoms with Crippen LogP contribution in [0.15, 0.2) is 0 Å². The van der Waals surface area contributed by atoms with E-state index in [0.29, 0.717) is 52.7 Å². The molecule has 0 amide bonds. The summed E-state index contributed by atoms with van der Waals surface area (Å²) in [7, 11) is 0. The maximum Gasteiger partial charge on any atom is 0.305 e. The van der Waals surface area contributed by atoms with E-state index in [1.54, 1.807) is 0 Å². The van der Waals surface area contributed by atoms with E-state index in [4.69, 9.17) is 29.2 Å². The molecule has 0 fully saturated rings. The van der Waals surface area contributed by atoms with Crippen LogP contribution in [0.1, 0.15) is 26.7 Å². The third-order valence-electron chi connectivity index (χ3n) is 2.51. The molecule has 0 bridgehead atoms. The number of nitrogens with one attached hydrogen (secondary N) is 1. The minimum Gasteiger partial charge on any atom is -0.481 e. The van der Waals surface area contributed by atoms with E-state index in [9.17, 15) is 9.59 Å². The second-order valence-corrected chi connectivity index (χ2v) is 4.49. The summed E-state index contributed by atoms with van der Waals surface area (Å²) < 4.78 is 20.7. The Balaban J connectivity index is 0. The van der Waals surface area contributed by atoms with Crippen molar-refractivity contribution in [3.63, 3.8) is 0 Å². The zero-order valence-corrected chi connectivity index (χ0v) is 15.3. The predicted octanol–water partition coefficient (Wildman–Crippen LogP) is 0.618. The molecule has 0 atom stereocenters. The molecule has 0 heterocycles. The zero-order chi connectivity index (χ0) is 19.2. The van der Waals surface area contributed by atoms with Crippen LogP contribution in [0, 0.1) is 0 Å². The van der Waals surface area contributed by atoms with Gasteiger partial charge < -0.3 is 34.5 Å². The smallest absolute Gasteiger partial charge is 0.305 e. The van der Waals surface area contributed by atoms with Crippen molar-refractivity contribution < 1.29 is 38.7 Å². The first-order valence-electron chi connectivity index (χ1n) is 8.58. The lowest BCUT2D eigenvalue weighted by Crippen LogP contribution is -2.25. The number of carboxylic acid groups (broad SMARTS) is 2. The number of ether oxygens (including phenoxy) is 4. The van der Waals surface area contributed by atoms with Crippen molar-refractivity contribution in [3.05, 3.63) is 0 Å². The molecule has 150 valence electrons. The van der Waals surface area contributed by atoms with Crippen molar-refractivity contribution in [3.8, 4) is 0 Å². The van der Waals surface area contributed by atoms with E-state index in [2.05, 4.69) is 5.32 Å². The molecule has 0 saturated carbocycles. The minimum atomic E-state index is -0.871. The van der Waals surface area contributed by atoms with Gasteiger partial charge in [0.05, 0.1) is 65.7 Å². The molecule has 0 aromatic heterocycles. The van der Waals surface area contributed by atoms with Gasteiger partial charge >= 0.3 is 11.9 Å². The third-order valence-corrected chi connectivity index (χ3v) is 2.51. The quantitative estimate of drug-likeness (QED) is 0.299. The summed E-state index contributed by atoms with van der Waals surface area (Å²) in [6.07, 6.45) is 0.0122. The number of aliphatic carboxylic acids is 2. The van der Waals surface area contributed by atoms with E-state index in [0.717, 1.165) is 0 Å². The molecule has 0 aliphatic carbocycles. The van der Waals surface area contributed by atoms with Crippen LogP contribution in [0.3, 0.4) is 0 Å². The molecule has 9 heteroatoms. The van der Waals surface area contributed by atoms with E-state index in [1.807, 2.05) is 13.8 Å². The van der Waals surface area contributed by atoms with Crippen LogP contribution in [-0.4, -0.2) is 88.1 Å². The highest BCUT2D eigenvalue weighted by molar-refractivity contribution is 5.66. The van der Waals surface area contributed by atoms with Crippen LogP contribution < -0.4 is 5.32 Å². The van der Waals surface area contributed by atoms with E-state index >= 15 is 0 Å². The molecule has 3 N–H and O–H groups in total. The molecule has 9 nitrogen and oxygen atoms in total. The lowest BCUT2D eigenvalue weighted by Gasteiger charge is -2.07. The number of carboxylic acids is 2. The van der Waals surface area contributed by atoms with Crippen LogP contribution in [0.2, 0.25) is 0 Å². The predicted molar refractivity (Wildman–Crippen MR) is 92.0 cm³/mol. The molecule has 0 spiro atoms. The number of rotatable bonds is 18. The lowest BCUT2D eigenvalue weighted by molar-refractivity contribution is -0.139. The molecule has 0 aliphatic rings. The number of carbonyl (C=O) groups is 2. The van der Waals surface area contributed by atoms with Gasteiger partial charge in [0.15, 0.2) is 0 Å². The van der Waals surface area contributed by atoms with Crippen molar-refractivity contribution >= 4 is 11.9 Å². The highest BCUT2D eigenvalue weighted by Crippen LogP contribution is 1.85. The summed E-state index contributed by atoms with van der Waals surface area (Å²) in [6.45, 7) is 8.51. The fourth-order valence-electron chi connectivity index (χ4n) is 1.38. The lowest BCUT2D eigenvalue weighted by atomic mass is 10.5. The molecular formula is C16H33NO8. The van der Waals surface area contributed by atoms with Crippen LogP contribution in [0.25, 0.3) is 0 Å². The highest BCUT2D eigenvalue weighted by atomic mass is 16.5. The summed E-state index contributed by atoms with van der Waals surface area (Å²) in [5.41, 5.74) is 0. The summed E-state index contributed by atoms with van der Waals surface area (Å²) in [4.78, 5) is 20.4. The molecule has 0 saturated heterocycles. The van der Waals surface area contributed by atoms with Crippen molar-refractivity contribution in [2.75, 3.05) is 65.9 Å². The van der Waals surface area contributed by atoms with Crippen LogP contribution in [0.5, 0.6) is 0 Å². The minimum absolute atomic E-state index is 0.00611. The van der Waals surface area contributed by atoms with Gasteiger partial charge in [-0.25, -0.2) is 0 Å². The Hall–Kier alpha value is -1.26. The maximum atomic E-state index is 10.2. The van der Waals surface area contributed by atoms with Crippen LogP contribution >= 0.6 is 0 Å². The van der Waals surface area contributed by atoms with Gasteiger partial charge in [-0.1, -0.05) is 13.8 Å². The SMILES string of the molecule is CC.O=C(O)CCOCCOCCNCCOCCOCCC(=O)O. The van der Waals surface area contributed by atoms with Crippen molar-refractivity contribution in [2.24, 2.45) is 0 Å². The van der Waals surface area contributed by atoms with Gasteiger partial charge in [-0.2, -0.15) is 0 Å². The maximum absolute atomic E-state index is 10.2. The van der Waals surface area contributed by atoms with Crippen LogP contribution in [-0.2, 0) is 28.5 Å². The standard InChI is InChI=1S/C14H27NO8.C2H6/c16-13(17)1-5-20-9-11-22-7-3-15-4-8-23-12-10-21-6-2-14(18)19;1-2/h15H,1-12H2,(H,16,17)(H,18,19);1-2H3. The van der Waals surface area contributed by atoms with Crippen molar-refractivity contribution in [1.29, 1.82) is 0 Å². The Morgan fingerprint density at radius 2 is 0.960 bits per heavy atom. The molecular weight excluding hydrogens is 334 g/mol. The Morgan fingerprint density at radius 3 is 1.28 bits per heavy atom. The zero-order valence-electron chi connectivity index (χ0n) is 15.3.